The van der Waals surface area contributed by atoms with Crippen molar-refractivity contribution in [1.29, 1.82) is 0 Å². The second-order valence-corrected chi connectivity index (χ2v) is 4.30. The van der Waals surface area contributed by atoms with Gasteiger partial charge in [-0.05, 0) is 42.3 Å². The van der Waals surface area contributed by atoms with Crippen LogP contribution < -0.4 is 14.9 Å². The highest BCUT2D eigenvalue weighted by atomic mass is 16.5. The van der Waals surface area contributed by atoms with E-state index < -0.39 is 0 Å². The van der Waals surface area contributed by atoms with Gasteiger partial charge in [0.25, 0.3) is 0 Å². The molecule has 0 aliphatic heterocycles. The van der Waals surface area contributed by atoms with Gasteiger partial charge in [-0.2, -0.15) is 5.10 Å². The Morgan fingerprint density at radius 3 is 2.45 bits per heavy atom. The van der Waals surface area contributed by atoms with E-state index in [9.17, 15) is 0 Å². The van der Waals surface area contributed by atoms with Gasteiger partial charge in [0.2, 0.25) is 0 Å². The fourth-order valence-electron chi connectivity index (χ4n) is 1.81. The van der Waals surface area contributed by atoms with E-state index in [2.05, 4.69) is 10.5 Å². The molecule has 0 unspecified atom stereocenters. The zero-order valence-corrected chi connectivity index (χ0v) is 11.9. The van der Waals surface area contributed by atoms with Crippen LogP contribution in [0.1, 0.15) is 11.1 Å². The number of hydrogen-bond donors (Lipinski definition) is 1. The molecule has 4 heteroatoms. The van der Waals surface area contributed by atoms with Crippen molar-refractivity contribution in [3.63, 3.8) is 0 Å². The fourth-order valence-corrected chi connectivity index (χ4v) is 1.81. The monoisotopic (exact) mass is 270 g/mol. The van der Waals surface area contributed by atoms with Crippen molar-refractivity contribution in [3.05, 3.63) is 53.6 Å². The smallest absolute Gasteiger partial charge is 0.161 e. The summed E-state index contributed by atoms with van der Waals surface area (Å²) in [6.07, 6.45) is 1.74. The van der Waals surface area contributed by atoms with Gasteiger partial charge < -0.3 is 9.47 Å². The number of methoxy groups -OCH3 is 2. The van der Waals surface area contributed by atoms with Gasteiger partial charge in [-0.15, -0.1) is 0 Å². The maximum absolute atomic E-state index is 5.25. The molecule has 1 N–H and O–H groups in total. The molecule has 0 aliphatic carbocycles. The summed E-state index contributed by atoms with van der Waals surface area (Å²) in [5.41, 5.74) is 6.10. The average molecular weight is 270 g/mol. The Kier molecular flexibility index (Phi) is 4.60. The molecule has 0 radical (unpaired) electrons. The average Bonchev–Trinajstić information content (AvgIpc) is 2.49. The molecule has 2 aromatic rings. The van der Waals surface area contributed by atoms with E-state index in [1.807, 2.05) is 49.4 Å². The molecule has 0 aromatic heterocycles. The van der Waals surface area contributed by atoms with Gasteiger partial charge >= 0.3 is 0 Å². The minimum Gasteiger partial charge on any atom is -0.493 e. The lowest BCUT2D eigenvalue weighted by atomic mass is 10.2. The van der Waals surface area contributed by atoms with Gasteiger partial charge in [-0.25, -0.2) is 0 Å². The summed E-state index contributed by atoms with van der Waals surface area (Å²) < 4.78 is 10.4. The lowest BCUT2D eigenvalue weighted by Gasteiger charge is -2.07. The van der Waals surface area contributed by atoms with Crippen molar-refractivity contribution >= 4 is 11.9 Å². The van der Waals surface area contributed by atoms with Crippen LogP contribution in [-0.4, -0.2) is 20.4 Å². The van der Waals surface area contributed by atoms with Gasteiger partial charge in [-0.1, -0.05) is 18.2 Å². The predicted molar refractivity (Wildman–Crippen MR) is 81.9 cm³/mol. The molecule has 0 aliphatic rings. The Bertz CT molecular complexity index is 609. The summed E-state index contributed by atoms with van der Waals surface area (Å²) >= 11 is 0. The molecule has 104 valence electrons. The minimum absolute atomic E-state index is 0.687. The minimum atomic E-state index is 0.687. The lowest BCUT2D eigenvalue weighted by Crippen LogP contribution is -1.94. The number of anilines is 1. The van der Waals surface area contributed by atoms with Crippen LogP contribution in [0.2, 0.25) is 0 Å². The van der Waals surface area contributed by atoms with Crippen molar-refractivity contribution in [2.75, 3.05) is 19.6 Å². The van der Waals surface area contributed by atoms with E-state index in [0.29, 0.717) is 11.5 Å². The summed E-state index contributed by atoms with van der Waals surface area (Å²) in [6.45, 7) is 2.04. The molecule has 2 aromatic carbocycles. The van der Waals surface area contributed by atoms with Crippen molar-refractivity contribution in [1.82, 2.24) is 0 Å². The molecule has 2 rings (SSSR count). The molecule has 0 saturated heterocycles. The first-order chi connectivity index (χ1) is 9.74. The third-order valence-corrected chi connectivity index (χ3v) is 2.95. The molecule has 0 saturated carbocycles. The zero-order valence-electron chi connectivity index (χ0n) is 11.9. The maximum Gasteiger partial charge on any atom is 0.161 e. The van der Waals surface area contributed by atoms with Crippen LogP contribution in [0.5, 0.6) is 11.5 Å². The number of nitrogens with one attached hydrogen (secondary N) is 1. The number of benzene rings is 2. The van der Waals surface area contributed by atoms with E-state index in [1.54, 1.807) is 20.4 Å². The maximum atomic E-state index is 5.25. The summed E-state index contributed by atoms with van der Waals surface area (Å²) in [5.74, 6) is 1.39. The summed E-state index contributed by atoms with van der Waals surface area (Å²) in [4.78, 5) is 0. The number of rotatable bonds is 5. The van der Waals surface area contributed by atoms with E-state index >= 15 is 0 Å². The summed E-state index contributed by atoms with van der Waals surface area (Å²) in [5, 5.41) is 4.23. The van der Waals surface area contributed by atoms with E-state index in [4.69, 9.17) is 9.47 Å². The second-order valence-electron chi connectivity index (χ2n) is 4.30. The Morgan fingerprint density at radius 2 is 1.75 bits per heavy atom. The highest BCUT2D eigenvalue weighted by Crippen LogP contribution is 2.26. The van der Waals surface area contributed by atoms with Crippen LogP contribution >= 0.6 is 0 Å². The Morgan fingerprint density at radius 1 is 1.00 bits per heavy atom. The number of aryl methyl sites for hydroxylation is 1. The molecule has 0 spiro atoms. The summed E-state index contributed by atoms with van der Waals surface area (Å²) in [7, 11) is 3.23. The number of hydrazone groups is 1. The molecular weight excluding hydrogens is 252 g/mol. The van der Waals surface area contributed by atoms with Crippen LogP contribution in [-0.2, 0) is 0 Å². The van der Waals surface area contributed by atoms with Gasteiger partial charge in [0, 0.05) is 0 Å². The largest absolute Gasteiger partial charge is 0.493 e. The Hall–Kier alpha value is -2.49. The topological polar surface area (TPSA) is 42.8 Å². The number of para-hydroxylation sites is 1. The normalized spacial score (nSPS) is 10.6. The zero-order chi connectivity index (χ0) is 14.4. The van der Waals surface area contributed by atoms with Crippen LogP contribution in [0.4, 0.5) is 5.69 Å². The molecule has 20 heavy (non-hydrogen) atoms. The van der Waals surface area contributed by atoms with E-state index in [0.717, 1.165) is 16.8 Å². The Labute approximate surface area is 119 Å². The van der Waals surface area contributed by atoms with E-state index in [-0.39, 0.29) is 0 Å². The molecule has 0 atom stereocenters. The Balaban J connectivity index is 2.10. The molecule has 0 fully saturated rings. The molecular formula is C16H18N2O2. The van der Waals surface area contributed by atoms with Gasteiger partial charge in [0.05, 0.1) is 26.1 Å². The molecule has 0 bridgehead atoms. The first kappa shape index (κ1) is 13.9. The van der Waals surface area contributed by atoms with E-state index in [1.165, 1.54) is 0 Å². The number of nitrogens with zero attached hydrogens (tertiary/aromatic N) is 1. The second kappa shape index (κ2) is 6.61. The van der Waals surface area contributed by atoms with Gasteiger partial charge in [0.1, 0.15) is 0 Å². The lowest BCUT2D eigenvalue weighted by molar-refractivity contribution is 0.355. The molecule has 4 nitrogen and oxygen atoms in total. The van der Waals surface area contributed by atoms with Gasteiger partial charge in [-0.3, -0.25) is 5.43 Å². The van der Waals surface area contributed by atoms with Crippen molar-refractivity contribution in [2.24, 2.45) is 5.10 Å². The van der Waals surface area contributed by atoms with Gasteiger partial charge in [0.15, 0.2) is 11.5 Å². The van der Waals surface area contributed by atoms with Crippen LogP contribution in [0.15, 0.2) is 47.6 Å². The molecule has 0 amide bonds. The quantitative estimate of drug-likeness (QED) is 0.668. The van der Waals surface area contributed by atoms with Crippen molar-refractivity contribution in [2.45, 2.75) is 6.92 Å². The predicted octanol–water partition coefficient (Wildman–Crippen LogP) is 3.46. The first-order valence-electron chi connectivity index (χ1n) is 6.31. The first-order valence-corrected chi connectivity index (χ1v) is 6.31. The fraction of sp³-hybridized carbons (Fsp3) is 0.188. The SMILES string of the molecule is COc1ccc(/C=N/Nc2ccccc2C)cc1OC. The number of ether oxygens (including phenoxy) is 2. The summed E-state index contributed by atoms with van der Waals surface area (Å²) in [6, 6.07) is 13.6. The third-order valence-electron chi connectivity index (χ3n) is 2.95. The van der Waals surface area contributed by atoms with Crippen molar-refractivity contribution < 1.29 is 9.47 Å². The third kappa shape index (κ3) is 3.29. The highest BCUT2D eigenvalue weighted by molar-refractivity contribution is 5.81. The number of hydrogen-bond acceptors (Lipinski definition) is 4. The van der Waals surface area contributed by atoms with Crippen LogP contribution in [0.3, 0.4) is 0 Å². The molecule has 0 heterocycles. The standard InChI is InChI=1S/C16H18N2O2/c1-12-6-4-5-7-14(12)18-17-11-13-8-9-15(19-2)16(10-13)20-3/h4-11,18H,1-3H3/b17-11+. The van der Waals surface area contributed by atoms with Crippen LogP contribution in [0, 0.1) is 6.92 Å². The van der Waals surface area contributed by atoms with Crippen molar-refractivity contribution in [3.8, 4) is 11.5 Å². The highest BCUT2D eigenvalue weighted by Gasteiger charge is 2.02. The van der Waals surface area contributed by atoms with Crippen LogP contribution in [0.25, 0.3) is 0 Å².